The lowest BCUT2D eigenvalue weighted by atomic mass is 9.83. The highest BCUT2D eigenvalue weighted by Crippen LogP contribution is 2.33. The highest BCUT2D eigenvalue weighted by atomic mass is 19.4. The smallest absolute Gasteiger partial charge is 0.406 e. The third-order valence-corrected chi connectivity index (χ3v) is 6.80. The Bertz CT molecular complexity index is 822. The summed E-state index contributed by atoms with van der Waals surface area (Å²) in [4.78, 5) is 28.2. The lowest BCUT2D eigenvalue weighted by Gasteiger charge is -2.33. The molecule has 2 fully saturated rings. The van der Waals surface area contributed by atoms with Gasteiger partial charge in [0.15, 0.2) is 0 Å². The quantitative estimate of drug-likeness (QED) is 0.505. The maximum atomic E-state index is 13.3. The number of hydrogen-bond donors (Lipinski definition) is 2. The van der Waals surface area contributed by atoms with Crippen LogP contribution < -0.4 is 15.4 Å². The third kappa shape index (κ3) is 8.59. The molecule has 3 atom stereocenters. The normalized spacial score (nSPS) is 19.6. The molecule has 1 unspecified atom stereocenters. The minimum atomic E-state index is -4.73. The van der Waals surface area contributed by atoms with Crippen molar-refractivity contribution in [3.63, 3.8) is 0 Å². The Morgan fingerprint density at radius 1 is 1.11 bits per heavy atom. The number of halogens is 3. The Morgan fingerprint density at radius 3 is 2.34 bits per heavy atom. The van der Waals surface area contributed by atoms with Crippen LogP contribution in [0.3, 0.4) is 0 Å². The fourth-order valence-electron chi connectivity index (χ4n) is 4.83. The summed E-state index contributed by atoms with van der Waals surface area (Å²) in [7, 11) is 0. The van der Waals surface area contributed by atoms with Crippen LogP contribution in [0.2, 0.25) is 0 Å². The van der Waals surface area contributed by atoms with E-state index in [2.05, 4.69) is 15.4 Å². The van der Waals surface area contributed by atoms with Crippen molar-refractivity contribution in [2.45, 2.75) is 58.4 Å². The first-order valence-electron chi connectivity index (χ1n) is 12.4. The Balaban J connectivity index is 1.55. The number of carbonyl (C=O) groups is 2. The van der Waals surface area contributed by atoms with Gasteiger partial charge < -0.3 is 25.0 Å². The van der Waals surface area contributed by atoms with Crippen molar-refractivity contribution in [1.29, 1.82) is 0 Å². The van der Waals surface area contributed by atoms with Gasteiger partial charge in [0.05, 0.1) is 13.2 Å². The average molecular weight is 500 g/mol. The van der Waals surface area contributed by atoms with Gasteiger partial charge in [0.2, 0.25) is 11.8 Å². The summed E-state index contributed by atoms with van der Waals surface area (Å²) in [6, 6.07) is 5.19. The number of benzene rings is 1. The molecule has 1 aliphatic heterocycles. The number of nitrogens with zero attached hydrogens (tertiary/aromatic N) is 1. The van der Waals surface area contributed by atoms with Crippen molar-refractivity contribution < 1.29 is 32.2 Å². The van der Waals surface area contributed by atoms with E-state index >= 15 is 0 Å². The van der Waals surface area contributed by atoms with Crippen LogP contribution in [0.5, 0.6) is 5.75 Å². The molecule has 2 aliphatic rings. The highest BCUT2D eigenvalue weighted by Gasteiger charge is 2.36. The van der Waals surface area contributed by atoms with E-state index in [0.717, 1.165) is 25.7 Å². The van der Waals surface area contributed by atoms with E-state index in [1.54, 1.807) is 4.90 Å². The first-order valence-corrected chi connectivity index (χ1v) is 12.4. The Kier molecular flexibility index (Phi) is 9.65. The maximum absolute atomic E-state index is 13.3. The molecule has 1 aromatic rings. The molecule has 35 heavy (non-hydrogen) atoms. The SMILES string of the molecule is CC(C(=O)N1CCOCC1)[C@@H](CC1CCCC1)C(=O)N[C@@H](C)CNc1ccc(OC(F)(F)F)cc1. The summed E-state index contributed by atoms with van der Waals surface area (Å²) >= 11 is 0. The van der Waals surface area contributed by atoms with Crippen molar-refractivity contribution in [2.24, 2.45) is 17.8 Å². The predicted molar refractivity (Wildman–Crippen MR) is 126 cm³/mol. The van der Waals surface area contributed by atoms with Crippen LogP contribution in [0.25, 0.3) is 0 Å². The van der Waals surface area contributed by atoms with E-state index in [4.69, 9.17) is 4.74 Å². The summed E-state index contributed by atoms with van der Waals surface area (Å²) in [5.74, 6) is -0.799. The molecule has 0 bridgehead atoms. The first-order chi connectivity index (χ1) is 16.6. The zero-order chi connectivity index (χ0) is 25.4. The molecule has 1 aliphatic carbocycles. The van der Waals surface area contributed by atoms with Gasteiger partial charge in [-0.05, 0) is 43.5 Å². The molecule has 7 nitrogen and oxygen atoms in total. The van der Waals surface area contributed by atoms with Crippen molar-refractivity contribution in [3.8, 4) is 5.75 Å². The molecule has 1 saturated heterocycles. The number of ether oxygens (including phenoxy) is 2. The summed E-state index contributed by atoms with van der Waals surface area (Å²) in [5, 5.41) is 6.15. The molecule has 196 valence electrons. The lowest BCUT2D eigenvalue weighted by Crippen LogP contribution is -2.49. The first kappa shape index (κ1) is 27.1. The Morgan fingerprint density at radius 2 is 1.74 bits per heavy atom. The van der Waals surface area contributed by atoms with E-state index in [1.807, 2.05) is 13.8 Å². The number of carbonyl (C=O) groups excluding carboxylic acids is 2. The van der Waals surface area contributed by atoms with Crippen LogP contribution in [0, 0.1) is 17.8 Å². The second-order valence-corrected chi connectivity index (χ2v) is 9.58. The van der Waals surface area contributed by atoms with Gasteiger partial charge in [0, 0.05) is 43.2 Å². The molecule has 2 N–H and O–H groups in total. The van der Waals surface area contributed by atoms with Crippen molar-refractivity contribution >= 4 is 17.5 Å². The van der Waals surface area contributed by atoms with E-state index in [0.29, 0.717) is 50.9 Å². The summed E-state index contributed by atoms with van der Waals surface area (Å²) in [6.45, 7) is 6.22. The topological polar surface area (TPSA) is 79.9 Å². The molecule has 0 aromatic heterocycles. The summed E-state index contributed by atoms with van der Waals surface area (Å²) < 4.78 is 46.2. The largest absolute Gasteiger partial charge is 0.573 e. The minimum absolute atomic E-state index is 0.00149. The van der Waals surface area contributed by atoms with Gasteiger partial charge in [-0.1, -0.05) is 32.6 Å². The van der Waals surface area contributed by atoms with Crippen molar-refractivity contribution in [2.75, 3.05) is 38.2 Å². The average Bonchev–Trinajstić information content (AvgIpc) is 3.34. The van der Waals surface area contributed by atoms with Gasteiger partial charge in [0.1, 0.15) is 5.75 Å². The van der Waals surface area contributed by atoms with Crippen LogP contribution in [-0.4, -0.2) is 62.0 Å². The van der Waals surface area contributed by atoms with Crippen molar-refractivity contribution in [3.05, 3.63) is 24.3 Å². The number of rotatable bonds is 10. The van der Waals surface area contributed by atoms with E-state index in [-0.39, 0.29) is 23.6 Å². The highest BCUT2D eigenvalue weighted by molar-refractivity contribution is 5.87. The van der Waals surface area contributed by atoms with Gasteiger partial charge in [-0.25, -0.2) is 0 Å². The molecule has 3 rings (SSSR count). The van der Waals surface area contributed by atoms with E-state index in [1.165, 1.54) is 24.3 Å². The van der Waals surface area contributed by atoms with Gasteiger partial charge in [-0.15, -0.1) is 13.2 Å². The Hall–Kier alpha value is -2.49. The maximum Gasteiger partial charge on any atom is 0.573 e. The van der Waals surface area contributed by atoms with Crippen LogP contribution in [0.15, 0.2) is 24.3 Å². The molecular weight excluding hydrogens is 463 g/mol. The third-order valence-electron chi connectivity index (χ3n) is 6.80. The molecule has 1 heterocycles. The van der Waals surface area contributed by atoms with Crippen LogP contribution in [0.1, 0.15) is 46.0 Å². The fourth-order valence-corrected chi connectivity index (χ4v) is 4.83. The fraction of sp³-hybridized carbons (Fsp3) is 0.680. The summed E-state index contributed by atoms with van der Waals surface area (Å²) in [6.07, 6.45) is 0.476. The molecule has 1 aromatic carbocycles. The molecule has 0 radical (unpaired) electrons. The van der Waals surface area contributed by atoms with Crippen LogP contribution in [-0.2, 0) is 14.3 Å². The minimum Gasteiger partial charge on any atom is -0.406 e. The van der Waals surface area contributed by atoms with Gasteiger partial charge in [0.25, 0.3) is 0 Å². The standard InChI is InChI=1S/C25H36F3N3O4/c1-17(16-29-20-7-9-21(10-8-20)35-25(26,27)28)30-23(32)22(15-19-5-3-4-6-19)18(2)24(33)31-11-13-34-14-12-31/h7-10,17-19,22,29H,3-6,11-16H2,1-2H3,(H,30,32)/t17-,18?,22+/m0/s1. The Labute approximate surface area is 204 Å². The van der Waals surface area contributed by atoms with E-state index in [9.17, 15) is 22.8 Å². The van der Waals surface area contributed by atoms with Crippen LogP contribution >= 0.6 is 0 Å². The van der Waals surface area contributed by atoms with Gasteiger partial charge >= 0.3 is 6.36 Å². The van der Waals surface area contributed by atoms with Gasteiger partial charge in [-0.2, -0.15) is 0 Å². The lowest BCUT2D eigenvalue weighted by molar-refractivity contribution is -0.274. The monoisotopic (exact) mass is 499 g/mol. The molecule has 0 spiro atoms. The number of nitrogens with one attached hydrogen (secondary N) is 2. The second-order valence-electron chi connectivity index (χ2n) is 9.58. The van der Waals surface area contributed by atoms with Crippen LogP contribution in [0.4, 0.5) is 18.9 Å². The van der Waals surface area contributed by atoms with Crippen molar-refractivity contribution in [1.82, 2.24) is 10.2 Å². The predicted octanol–water partition coefficient (Wildman–Crippen LogP) is 4.19. The number of amides is 2. The second kappa shape index (κ2) is 12.5. The number of hydrogen-bond acceptors (Lipinski definition) is 5. The number of anilines is 1. The summed E-state index contributed by atoms with van der Waals surface area (Å²) in [5.41, 5.74) is 0.610. The molecule has 2 amide bonds. The molecular formula is C25H36F3N3O4. The van der Waals surface area contributed by atoms with E-state index < -0.39 is 18.2 Å². The molecule has 1 saturated carbocycles. The zero-order valence-electron chi connectivity index (χ0n) is 20.4. The molecule has 10 heteroatoms. The zero-order valence-corrected chi connectivity index (χ0v) is 20.4. The van der Waals surface area contributed by atoms with Gasteiger partial charge in [-0.3, -0.25) is 9.59 Å². The number of morpholine rings is 1. The number of alkyl halides is 3.